The summed E-state index contributed by atoms with van der Waals surface area (Å²) in [6.07, 6.45) is 3.56. The van der Waals surface area contributed by atoms with Gasteiger partial charge in [-0.2, -0.15) is 0 Å². The first kappa shape index (κ1) is 16.6. The van der Waals surface area contributed by atoms with Crippen LogP contribution in [0.4, 0.5) is 0 Å². The van der Waals surface area contributed by atoms with Gasteiger partial charge in [-0.1, -0.05) is 29.8 Å². The van der Waals surface area contributed by atoms with Gasteiger partial charge in [-0.15, -0.1) is 11.3 Å². The molecule has 1 aromatic carbocycles. The van der Waals surface area contributed by atoms with Crippen LogP contribution in [0.25, 0.3) is 0 Å². The van der Waals surface area contributed by atoms with E-state index in [0.717, 1.165) is 12.0 Å². The Morgan fingerprint density at radius 2 is 2.08 bits per heavy atom. The van der Waals surface area contributed by atoms with Crippen LogP contribution in [0.5, 0.6) is 0 Å². The highest BCUT2D eigenvalue weighted by atomic mass is 35.5. The van der Waals surface area contributed by atoms with Crippen molar-refractivity contribution in [2.24, 2.45) is 0 Å². The molecule has 0 spiro atoms. The number of β-amino-alcohol motifs (C(OH)–C–C–N with tert-alkyl or cyclic N) is 1. The van der Waals surface area contributed by atoms with Gasteiger partial charge in [0.25, 0.3) is 5.91 Å². The Morgan fingerprint density at radius 1 is 1.28 bits per heavy atom. The molecule has 5 nitrogen and oxygen atoms in total. The predicted octanol–water partition coefficient (Wildman–Crippen LogP) is 3.07. The van der Waals surface area contributed by atoms with Crippen LogP contribution in [0.3, 0.4) is 0 Å². The lowest BCUT2D eigenvalue weighted by Crippen LogP contribution is -2.48. The lowest BCUT2D eigenvalue weighted by atomic mass is 10.1. The van der Waals surface area contributed by atoms with Crippen molar-refractivity contribution in [1.29, 1.82) is 0 Å². The van der Waals surface area contributed by atoms with Gasteiger partial charge in [0.05, 0.1) is 18.7 Å². The van der Waals surface area contributed by atoms with E-state index in [9.17, 15) is 9.90 Å². The maximum atomic E-state index is 12.8. The number of thiophene rings is 1. The number of carbonyl (C=O) groups excluding carboxylic acids is 1. The van der Waals surface area contributed by atoms with Crippen molar-refractivity contribution in [3.8, 4) is 0 Å². The molecule has 2 N–H and O–H groups in total. The summed E-state index contributed by atoms with van der Waals surface area (Å²) in [6.45, 7) is 0.227. The second-order valence-electron chi connectivity index (χ2n) is 6.21. The zero-order valence-corrected chi connectivity index (χ0v) is 15.0. The molecule has 2 aliphatic heterocycles. The summed E-state index contributed by atoms with van der Waals surface area (Å²) in [5.74, 6) is 0.00192. The van der Waals surface area contributed by atoms with Gasteiger partial charge in [0, 0.05) is 28.7 Å². The Labute approximate surface area is 155 Å². The molecule has 2 aliphatic rings. The van der Waals surface area contributed by atoms with Crippen molar-refractivity contribution >= 4 is 28.8 Å². The average molecular weight is 376 g/mol. The van der Waals surface area contributed by atoms with Crippen molar-refractivity contribution in [2.75, 3.05) is 6.54 Å². The van der Waals surface area contributed by atoms with Gasteiger partial charge < -0.3 is 15.0 Å². The molecule has 1 aromatic heterocycles. The van der Waals surface area contributed by atoms with Crippen LogP contribution >= 0.6 is 22.9 Å². The van der Waals surface area contributed by atoms with Crippen LogP contribution in [-0.4, -0.2) is 33.5 Å². The first-order valence-electron chi connectivity index (χ1n) is 8.12. The number of halogens is 1. The fraction of sp³-hybridized carbons (Fsp3) is 0.278. The van der Waals surface area contributed by atoms with Gasteiger partial charge >= 0.3 is 0 Å². The van der Waals surface area contributed by atoms with E-state index in [1.807, 2.05) is 22.7 Å². The van der Waals surface area contributed by atoms with Crippen LogP contribution in [-0.2, 0) is 4.79 Å². The first-order valence-corrected chi connectivity index (χ1v) is 9.38. The molecule has 3 atom stereocenters. The minimum absolute atomic E-state index is 0.00192. The third-order valence-electron chi connectivity index (χ3n) is 4.59. The zero-order valence-electron chi connectivity index (χ0n) is 13.4. The zero-order chi connectivity index (χ0) is 17.4. The number of nitrogens with zero attached hydrogens (tertiary/aromatic N) is 2. The average Bonchev–Trinajstić information content (AvgIpc) is 3.27. The summed E-state index contributed by atoms with van der Waals surface area (Å²) in [4.78, 5) is 15.6. The third-order valence-corrected chi connectivity index (χ3v) is 5.82. The Hall–Kier alpha value is -1.86. The lowest BCUT2D eigenvalue weighted by molar-refractivity contribution is -0.135. The SMILES string of the molecule is O=C1C2CC(c3cccs3)NN2C=CN1CC(O)c1ccc(Cl)cc1. The quantitative estimate of drug-likeness (QED) is 0.862. The van der Waals surface area contributed by atoms with E-state index in [1.54, 1.807) is 46.7 Å². The van der Waals surface area contributed by atoms with Crippen LogP contribution < -0.4 is 5.43 Å². The number of fused-ring (bicyclic) bond motifs is 1. The second kappa shape index (κ2) is 6.80. The molecule has 25 heavy (non-hydrogen) atoms. The molecule has 3 heterocycles. The summed E-state index contributed by atoms with van der Waals surface area (Å²) >= 11 is 7.57. The molecule has 0 aliphatic carbocycles. The summed E-state index contributed by atoms with van der Waals surface area (Å²) < 4.78 is 0. The Kier molecular flexibility index (Phi) is 4.52. The summed E-state index contributed by atoms with van der Waals surface area (Å²) in [5.41, 5.74) is 4.11. The van der Waals surface area contributed by atoms with Crippen molar-refractivity contribution in [3.63, 3.8) is 0 Å². The molecule has 3 unspecified atom stereocenters. The third kappa shape index (κ3) is 3.30. The van der Waals surface area contributed by atoms with E-state index >= 15 is 0 Å². The second-order valence-corrected chi connectivity index (χ2v) is 7.63. The van der Waals surface area contributed by atoms with Gasteiger partial charge in [-0.05, 0) is 29.1 Å². The molecule has 0 radical (unpaired) electrons. The maximum Gasteiger partial charge on any atom is 0.251 e. The van der Waals surface area contributed by atoms with Gasteiger partial charge in [0.1, 0.15) is 6.04 Å². The molecule has 7 heteroatoms. The number of aliphatic hydroxyl groups excluding tert-OH is 1. The highest BCUT2D eigenvalue weighted by Crippen LogP contribution is 2.33. The molecule has 1 fully saturated rings. The molecular formula is C18H18ClN3O2S. The number of rotatable bonds is 4. The Bertz CT molecular complexity index is 778. The van der Waals surface area contributed by atoms with E-state index < -0.39 is 6.10 Å². The number of hydrogen-bond donors (Lipinski definition) is 2. The van der Waals surface area contributed by atoms with Gasteiger partial charge in [-0.3, -0.25) is 4.79 Å². The number of aliphatic hydroxyl groups is 1. The van der Waals surface area contributed by atoms with Crippen molar-refractivity contribution in [1.82, 2.24) is 15.3 Å². The summed E-state index contributed by atoms with van der Waals surface area (Å²) in [7, 11) is 0. The highest BCUT2D eigenvalue weighted by molar-refractivity contribution is 7.10. The minimum atomic E-state index is -0.750. The first-order chi connectivity index (χ1) is 12.1. The fourth-order valence-electron chi connectivity index (χ4n) is 3.24. The van der Waals surface area contributed by atoms with Crippen LogP contribution in [0.2, 0.25) is 5.02 Å². The summed E-state index contributed by atoms with van der Waals surface area (Å²) in [5, 5.41) is 15.0. The van der Waals surface area contributed by atoms with E-state index in [4.69, 9.17) is 11.6 Å². The van der Waals surface area contributed by atoms with Gasteiger partial charge in [0.2, 0.25) is 0 Å². The number of nitrogens with one attached hydrogen (secondary N) is 1. The largest absolute Gasteiger partial charge is 0.387 e. The van der Waals surface area contributed by atoms with Gasteiger partial charge in [-0.25, -0.2) is 5.43 Å². The van der Waals surface area contributed by atoms with Crippen molar-refractivity contribution < 1.29 is 9.90 Å². The minimum Gasteiger partial charge on any atom is -0.387 e. The van der Waals surface area contributed by atoms with E-state index in [-0.39, 0.29) is 24.5 Å². The monoisotopic (exact) mass is 375 g/mol. The van der Waals surface area contributed by atoms with E-state index in [1.165, 1.54) is 4.88 Å². The Morgan fingerprint density at radius 3 is 2.80 bits per heavy atom. The Balaban J connectivity index is 1.44. The number of carbonyl (C=O) groups is 1. The normalized spacial score (nSPS) is 23.8. The number of hydrazine groups is 1. The van der Waals surface area contributed by atoms with E-state index in [2.05, 4.69) is 11.5 Å². The molecule has 2 aromatic rings. The highest BCUT2D eigenvalue weighted by Gasteiger charge is 2.40. The standard InChI is InChI=1S/C18H18ClN3O2S/c19-13-5-3-12(4-6-13)16(23)11-21-7-8-22-15(18(21)24)10-14(20-22)17-2-1-9-25-17/h1-9,14-16,20,23H,10-11H2. The topological polar surface area (TPSA) is 55.8 Å². The fourth-order valence-corrected chi connectivity index (χ4v) is 4.15. The molecule has 4 rings (SSSR count). The number of benzene rings is 1. The van der Waals surface area contributed by atoms with Gasteiger partial charge in [0.15, 0.2) is 0 Å². The molecule has 0 saturated carbocycles. The maximum absolute atomic E-state index is 12.8. The molecule has 0 bridgehead atoms. The van der Waals surface area contributed by atoms with Crippen molar-refractivity contribution in [3.05, 3.63) is 69.6 Å². The smallest absolute Gasteiger partial charge is 0.251 e. The van der Waals surface area contributed by atoms with Crippen LogP contribution in [0.15, 0.2) is 54.2 Å². The molecule has 1 amide bonds. The van der Waals surface area contributed by atoms with Crippen molar-refractivity contribution in [2.45, 2.75) is 24.6 Å². The van der Waals surface area contributed by atoms with Crippen LogP contribution in [0.1, 0.15) is 29.0 Å². The lowest BCUT2D eigenvalue weighted by Gasteiger charge is -2.32. The molecule has 130 valence electrons. The number of hydrogen-bond acceptors (Lipinski definition) is 5. The molecular weight excluding hydrogens is 358 g/mol. The number of amides is 1. The van der Waals surface area contributed by atoms with E-state index in [0.29, 0.717) is 5.02 Å². The van der Waals surface area contributed by atoms with Crippen LogP contribution in [0, 0.1) is 0 Å². The molecule has 1 saturated heterocycles. The predicted molar refractivity (Wildman–Crippen MR) is 97.7 cm³/mol. The summed E-state index contributed by atoms with van der Waals surface area (Å²) in [6, 6.07) is 11.0.